The number of hydrogen-bond donors (Lipinski definition) is 0. The molecule has 0 bridgehead atoms. The van der Waals surface area contributed by atoms with Crippen LogP contribution >= 0.6 is 23.4 Å². The normalized spacial score (nSPS) is 21.3. The Balaban J connectivity index is 2.11. The molecule has 1 aliphatic heterocycles. The average molecular weight is 240 g/mol. The summed E-state index contributed by atoms with van der Waals surface area (Å²) in [5.74, 6) is 2.29. The Morgan fingerprint density at radius 2 is 2.40 bits per heavy atom. The van der Waals surface area contributed by atoms with Crippen LogP contribution in [-0.2, 0) is 0 Å². The van der Waals surface area contributed by atoms with Gasteiger partial charge in [-0.3, -0.25) is 4.40 Å². The summed E-state index contributed by atoms with van der Waals surface area (Å²) in [5, 5.41) is 9.60. The van der Waals surface area contributed by atoms with Gasteiger partial charge in [0.05, 0.1) is 5.25 Å². The Morgan fingerprint density at radius 1 is 1.47 bits per heavy atom. The minimum Gasteiger partial charge on any atom is -0.285 e. The average Bonchev–Trinajstić information content (AvgIpc) is 2.82. The van der Waals surface area contributed by atoms with Crippen molar-refractivity contribution in [1.82, 2.24) is 14.6 Å². The molecular formula is C10H10ClN3S. The largest absolute Gasteiger partial charge is 0.285 e. The van der Waals surface area contributed by atoms with E-state index in [1.807, 2.05) is 34.5 Å². The minimum atomic E-state index is 0.501. The number of halogens is 1. The van der Waals surface area contributed by atoms with Crippen molar-refractivity contribution >= 4 is 29.0 Å². The van der Waals surface area contributed by atoms with Crippen molar-refractivity contribution in [2.75, 3.05) is 5.75 Å². The third-order valence-corrected chi connectivity index (χ3v) is 4.22. The van der Waals surface area contributed by atoms with E-state index in [1.165, 1.54) is 18.6 Å². The van der Waals surface area contributed by atoms with Gasteiger partial charge in [0.25, 0.3) is 0 Å². The van der Waals surface area contributed by atoms with Gasteiger partial charge in [-0.2, -0.15) is 11.8 Å². The number of hydrogen-bond acceptors (Lipinski definition) is 3. The lowest BCUT2D eigenvalue weighted by molar-refractivity contribution is 0.766. The van der Waals surface area contributed by atoms with Crippen LogP contribution in [0.15, 0.2) is 18.3 Å². The summed E-state index contributed by atoms with van der Waals surface area (Å²) in [6, 6.07) is 3.72. The molecule has 0 aromatic carbocycles. The molecule has 3 heterocycles. The first-order valence-electron chi connectivity index (χ1n) is 4.96. The van der Waals surface area contributed by atoms with E-state index in [0.29, 0.717) is 10.3 Å². The Labute approximate surface area is 96.8 Å². The van der Waals surface area contributed by atoms with Gasteiger partial charge in [-0.05, 0) is 24.7 Å². The van der Waals surface area contributed by atoms with Crippen molar-refractivity contribution < 1.29 is 0 Å². The maximum Gasteiger partial charge on any atom is 0.162 e. The molecule has 0 saturated carbocycles. The van der Waals surface area contributed by atoms with Gasteiger partial charge in [-0.1, -0.05) is 11.6 Å². The summed E-state index contributed by atoms with van der Waals surface area (Å²) in [6.07, 6.45) is 4.43. The Hall–Kier alpha value is -0.740. The quantitative estimate of drug-likeness (QED) is 0.767. The summed E-state index contributed by atoms with van der Waals surface area (Å²) in [6.45, 7) is 0. The molecule has 0 amide bonds. The standard InChI is InChI=1S/C10H10ClN3S/c11-7-3-4-14-9(6-7)12-13-10(14)8-2-1-5-15-8/h3-4,6,8H,1-2,5H2. The highest BCUT2D eigenvalue weighted by molar-refractivity contribution is 7.99. The SMILES string of the molecule is Clc1ccn2c(C3CCCS3)nnc2c1. The first-order chi connectivity index (χ1) is 7.34. The van der Waals surface area contributed by atoms with Crippen LogP contribution in [0.25, 0.3) is 5.65 Å². The monoisotopic (exact) mass is 239 g/mol. The lowest BCUT2D eigenvalue weighted by atomic mass is 10.2. The van der Waals surface area contributed by atoms with Gasteiger partial charge in [-0.15, -0.1) is 10.2 Å². The maximum atomic E-state index is 5.90. The van der Waals surface area contributed by atoms with Crippen LogP contribution in [0.3, 0.4) is 0 Å². The first-order valence-corrected chi connectivity index (χ1v) is 6.39. The van der Waals surface area contributed by atoms with Crippen molar-refractivity contribution in [1.29, 1.82) is 0 Å². The van der Waals surface area contributed by atoms with Crippen molar-refractivity contribution in [3.8, 4) is 0 Å². The molecule has 1 saturated heterocycles. The molecule has 1 unspecified atom stereocenters. The third-order valence-electron chi connectivity index (χ3n) is 2.62. The number of nitrogens with zero attached hydrogens (tertiary/aromatic N) is 3. The number of rotatable bonds is 1. The Morgan fingerprint density at radius 3 is 3.20 bits per heavy atom. The van der Waals surface area contributed by atoms with Gasteiger partial charge in [0.2, 0.25) is 0 Å². The third kappa shape index (κ3) is 1.62. The fraction of sp³-hybridized carbons (Fsp3) is 0.400. The smallest absolute Gasteiger partial charge is 0.162 e. The molecule has 0 radical (unpaired) electrons. The van der Waals surface area contributed by atoms with E-state index in [9.17, 15) is 0 Å². The van der Waals surface area contributed by atoms with Gasteiger partial charge in [-0.25, -0.2) is 0 Å². The van der Waals surface area contributed by atoms with Crippen LogP contribution < -0.4 is 0 Å². The van der Waals surface area contributed by atoms with E-state index < -0.39 is 0 Å². The predicted octanol–water partition coefficient (Wildman–Crippen LogP) is 2.95. The van der Waals surface area contributed by atoms with Gasteiger partial charge in [0, 0.05) is 17.3 Å². The molecule has 2 aromatic heterocycles. The first kappa shape index (κ1) is 9.48. The van der Waals surface area contributed by atoms with E-state index >= 15 is 0 Å². The summed E-state index contributed by atoms with van der Waals surface area (Å²) in [5.41, 5.74) is 0.838. The maximum absolute atomic E-state index is 5.90. The highest BCUT2D eigenvalue weighted by atomic mass is 35.5. The summed E-state index contributed by atoms with van der Waals surface area (Å²) in [7, 11) is 0. The molecule has 5 heteroatoms. The molecule has 15 heavy (non-hydrogen) atoms. The topological polar surface area (TPSA) is 30.2 Å². The molecule has 0 spiro atoms. The second-order valence-electron chi connectivity index (χ2n) is 3.63. The zero-order valence-corrected chi connectivity index (χ0v) is 9.63. The van der Waals surface area contributed by atoms with E-state index in [0.717, 1.165) is 11.5 Å². The number of thioether (sulfide) groups is 1. The highest BCUT2D eigenvalue weighted by Crippen LogP contribution is 2.38. The fourth-order valence-electron chi connectivity index (χ4n) is 1.89. The van der Waals surface area contributed by atoms with E-state index in [2.05, 4.69) is 10.2 Å². The van der Waals surface area contributed by atoms with Crippen LogP contribution in [0.2, 0.25) is 5.02 Å². The van der Waals surface area contributed by atoms with Gasteiger partial charge >= 0.3 is 0 Å². The van der Waals surface area contributed by atoms with Crippen LogP contribution in [0, 0.1) is 0 Å². The second kappa shape index (κ2) is 3.68. The molecule has 2 aromatic rings. The second-order valence-corrected chi connectivity index (χ2v) is 5.38. The summed E-state index contributed by atoms with van der Waals surface area (Å²) < 4.78 is 2.04. The number of fused-ring (bicyclic) bond motifs is 1. The molecule has 1 atom stereocenters. The Bertz CT molecular complexity index is 490. The van der Waals surface area contributed by atoms with Crippen molar-refractivity contribution in [3.05, 3.63) is 29.2 Å². The summed E-state index contributed by atoms with van der Waals surface area (Å²) in [4.78, 5) is 0. The molecule has 3 rings (SSSR count). The van der Waals surface area contributed by atoms with Crippen LogP contribution in [0.5, 0.6) is 0 Å². The molecule has 1 aliphatic rings. The van der Waals surface area contributed by atoms with E-state index in [1.54, 1.807) is 0 Å². The molecule has 1 fully saturated rings. The number of aromatic nitrogens is 3. The van der Waals surface area contributed by atoms with Gasteiger partial charge < -0.3 is 0 Å². The van der Waals surface area contributed by atoms with Gasteiger partial charge in [0.15, 0.2) is 11.5 Å². The minimum absolute atomic E-state index is 0.501. The molecule has 0 N–H and O–H groups in total. The van der Waals surface area contributed by atoms with Crippen molar-refractivity contribution in [2.45, 2.75) is 18.1 Å². The van der Waals surface area contributed by atoms with Crippen LogP contribution in [0.4, 0.5) is 0 Å². The lowest BCUT2D eigenvalue weighted by Gasteiger charge is -2.05. The van der Waals surface area contributed by atoms with Crippen molar-refractivity contribution in [2.24, 2.45) is 0 Å². The van der Waals surface area contributed by atoms with Crippen LogP contribution in [0.1, 0.15) is 23.9 Å². The molecule has 3 nitrogen and oxygen atoms in total. The summed E-state index contributed by atoms with van der Waals surface area (Å²) >= 11 is 7.86. The zero-order chi connectivity index (χ0) is 10.3. The zero-order valence-electron chi connectivity index (χ0n) is 8.06. The number of pyridine rings is 1. The lowest BCUT2D eigenvalue weighted by Crippen LogP contribution is -1.97. The predicted molar refractivity (Wildman–Crippen MR) is 62.4 cm³/mol. The molecule has 78 valence electrons. The van der Waals surface area contributed by atoms with E-state index in [4.69, 9.17) is 11.6 Å². The molecule has 0 aliphatic carbocycles. The Kier molecular flexibility index (Phi) is 2.33. The fourth-order valence-corrected chi connectivity index (χ4v) is 3.30. The van der Waals surface area contributed by atoms with Crippen molar-refractivity contribution in [3.63, 3.8) is 0 Å². The molecular weight excluding hydrogens is 230 g/mol. The highest BCUT2D eigenvalue weighted by Gasteiger charge is 2.22. The van der Waals surface area contributed by atoms with Crippen LogP contribution in [-0.4, -0.2) is 20.4 Å². The van der Waals surface area contributed by atoms with Gasteiger partial charge in [0.1, 0.15) is 0 Å². The van der Waals surface area contributed by atoms with E-state index in [-0.39, 0.29) is 0 Å².